The third kappa shape index (κ3) is 5.80. The van der Waals surface area contributed by atoms with Gasteiger partial charge < -0.3 is 10.6 Å². The van der Waals surface area contributed by atoms with Crippen LogP contribution in [-0.4, -0.2) is 61.2 Å². The molecule has 0 atom stereocenters. The van der Waals surface area contributed by atoms with Gasteiger partial charge in [-0.1, -0.05) is 13.8 Å². The summed E-state index contributed by atoms with van der Waals surface area (Å²) in [4.78, 5) is 31.1. The number of aryl methyl sites for hydroxylation is 4. The van der Waals surface area contributed by atoms with Crippen molar-refractivity contribution in [3.8, 4) is 10.4 Å². The Morgan fingerprint density at radius 2 is 1.92 bits per heavy atom. The van der Waals surface area contributed by atoms with E-state index in [9.17, 15) is 9.59 Å². The number of pyridine rings is 1. The molecule has 5 heterocycles. The van der Waals surface area contributed by atoms with E-state index in [1.807, 2.05) is 29.4 Å². The molecular formula is C25H32N8O2S. The van der Waals surface area contributed by atoms with E-state index in [2.05, 4.69) is 63.9 Å². The van der Waals surface area contributed by atoms with Crippen molar-refractivity contribution in [1.82, 2.24) is 29.3 Å². The molecule has 1 aliphatic rings. The predicted molar refractivity (Wildman–Crippen MR) is 142 cm³/mol. The van der Waals surface area contributed by atoms with Crippen LogP contribution in [0.25, 0.3) is 15.3 Å². The summed E-state index contributed by atoms with van der Waals surface area (Å²) >= 11 is 1.76. The van der Waals surface area contributed by atoms with E-state index in [-0.39, 0.29) is 5.91 Å². The molecule has 0 bridgehead atoms. The lowest BCUT2D eigenvalue weighted by Crippen LogP contribution is -2.54. The zero-order valence-electron chi connectivity index (χ0n) is 21.5. The lowest BCUT2D eigenvalue weighted by Gasteiger charge is -2.45. The topological polar surface area (TPSA) is 109 Å². The number of thiazole rings is 1. The smallest absolute Gasteiger partial charge is 0.238 e. The second-order valence-corrected chi connectivity index (χ2v) is 11.0. The molecular weight excluding hydrogens is 476 g/mol. The number of rotatable bonds is 6. The number of carbonyl (C=O) groups excluding carboxylic acids is 2. The van der Waals surface area contributed by atoms with Crippen LogP contribution in [-0.2, 0) is 16.6 Å². The van der Waals surface area contributed by atoms with Gasteiger partial charge in [-0.2, -0.15) is 10.2 Å². The molecule has 190 valence electrons. The van der Waals surface area contributed by atoms with Crippen LogP contribution in [0.2, 0.25) is 0 Å². The highest BCUT2D eigenvalue weighted by molar-refractivity contribution is 7.20. The van der Waals surface area contributed by atoms with Gasteiger partial charge in [0, 0.05) is 43.7 Å². The van der Waals surface area contributed by atoms with Crippen molar-refractivity contribution in [2.75, 3.05) is 30.3 Å². The Hall–Kier alpha value is -3.57. The van der Waals surface area contributed by atoms with Crippen LogP contribution in [0.15, 0.2) is 30.9 Å². The highest BCUT2D eigenvalue weighted by atomic mass is 32.1. The number of nitrogens with one attached hydrogen (secondary N) is 2. The highest BCUT2D eigenvalue weighted by Crippen LogP contribution is 2.31. The molecule has 0 saturated carbocycles. The van der Waals surface area contributed by atoms with Gasteiger partial charge in [0.1, 0.15) is 4.83 Å². The van der Waals surface area contributed by atoms with Gasteiger partial charge in [0.15, 0.2) is 0 Å². The fourth-order valence-electron chi connectivity index (χ4n) is 4.35. The minimum Gasteiger partial charge on any atom is -0.327 e. The van der Waals surface area contributed by atoms with Gasteiger partial charge in [-0.25, -0.2) is 4.52 Å². The van der Waals surface area contributed by atoms with Crippen molar-refractivity contribution >= 4 is 39.9 Å². The SMILES string of the molecule is Cc1ncc(NC(=O)CN2CC(C)(C)C2)cc1NC=O.Cc1nn(C)cc1-c1cn2ncc(C)c2s1. The maximum atomic E-state index is 11.9. The van der Waals surface area contributed by atoms with Crippen molar-refractivity contribution in [3.05, 3.63) is 47.8 Å². The normalized spacial score (nSPS) is 14.6. The van der Waals surface area contributed by atoms with E-state index in [1.165, 1.54) is 20.8 Å². The monoisotopic (exact) mass is 508 g/mol. The van der Waals surface area contributed by atoms with Crippen LogP contribution in [0.5, 0.6) is 0 Å². The average Bonchev–Trinajstić information content (AvgIpc) is 3.45. The maximum absolute atomic E-state index is 11.9. The van der Waals surface area contributed by atoms with Gasteiger partial charge in [-0.3, -0.25) is 24.2 Å². The van der Waals surface area contributed by atoms with E-state index in [0.29, 0.717) is 35.4 Å². The summed E-state index contributed by atoms with van der Waals surface area (Å²) in [7, 11) is 1.94. The highest BCUT2D eigenvalue weighted by Gasteiger charge is 2.34. The van der Waals surface area contributed by atoms with E-state index in [1.54, 1.807) is 30.5 Å². The molecule has 1 saturated heterocycles. The summed E-state index contributed by atoms with van der Waals surface area (Å²) in [5, 5.41) is 14.0. The van der Waals surface area contributed by atoms with Gasteiger partial charge in [-0.05, 0) is 32.3 Å². The number of amides is 2. The fraction of sp³-hybridized carbons (Fsp3) is 0.400. The van der Waals surface area contributed by atoms with Crippen LogP contribution in [0.4, 0.5) is 11.4 Å². The first kappa shape index (κ1) is 25.5. The number of carbonyl (C=O) groups is 2. The molecule has 0 aliphatic carbocycles. The molecule has 2 amide bonds. The summed E-state index contributed by atoms with van der Waals surface area (Å²) < 4.78 is 3.78. The zero-order valence-corrected chi connectivity index (χ0v) is 22.3. The largest absolute Gasteiger partial charge is 0.327 e. The quantitative estimate of drug-likeness (QED) is 0.385. The number of fused-ring (bicyclic) bond motifs is 1. The summed E-state index contributed by atoms with van der Waals surface area (Å²) in [6.07, 6.45) is 8.19. The summed E-state index contributed by atoms with van der Waals surface area (Å²) in [5.74, 6) is -0.0665. The zero-order chi connectivity index (χ0) is 26.0. The van der Waals surface area contributed by atoms with E-state index < -0.39 is 0 Å². The van der Waals surface area contributed by atoms with Crippen LogP contribution in [0.3, 0.4) is 0 Å². The number of hydrogen-bond donors (Lipinski definition) is 2. The van der Waals surface area contributed by atoms with Gasteiger partial charge >= 0.3 is 0 Å². The first-order valence-electron chi connectivity index (χ1n) is 11.7. The first-order valence-corrected chi connectivity index (χ1v) is 12.5. The third-order valence-electron chi connectivity index (χ3n) is 5.90. The molecule has 0 spiro atoms. The lowest BCUT2D eigenvalue weighted by atomic mass is 9.84. The number of hydrogen-bond acceptors (Lipinski definition) is 7. The van der Waals surface area contributed by atoms with Crippen molar-refractivity contribution in [1.29, 1.82) is 0 Å². The molecule has 11 heteroatoms. The number of nitrogens with zero attached hydrogens (tertiary/aromatic N) is 6. The molecule has 0 aromatic carbocycles. The van der Waals surface area contributed by atoms with E-state index >= 15 is 0 Å². The van der Waals surface area contributed by atoms with Crippen LogP contribution in [0.1, 0.15) is 30.8 Å². The molecule has 0 unspecified atom stereocenters. The summed E-state index contributed by atoms with van der Waals surface area (Å²) in [6, 6.07) is 1.70. The Balaban J connectivity index is 0.000000173. The van der Waals surface area contributed by atoms with Crippen LogP contribution < -0.4 is 10.6 Å². The van der Waals surface area contributed by atoms with Crippen molar-refractivity contribution in [2.24, 2.45) is 12.5 Å². The van der Waals surface area contributed by atoms with Gasteiger partial charge in [0.2, 0.25) is 12.3 Å². The third-order valence-corrected chi connectivity index (χ3v) is 7.15. The molecule has 1 aliphatic heterocycles. The molecule has 2 N–H and O–H groups in total. The molecule has 10 nitrogen and oxygen atoms in total. The van der Waals surface area contributed by atoms with Crippen LogP contribution >= 0.6 is 11.3 Å². The standard InChI is InChI=1S/C14H20N4O2.C11H12N4S/c1-10-12(16-9-19)4-11(5-15-10)17-13(20)6-18-7-14(2,3)8-18;1-7-4-12-15-6-10(16-11(7)15)9-5-14(3)13-8(9)2/h4-5,9H,6-8H2,1-3H3,(H,16,19)(H,17,20);4-6H,1-3H3. The van der Waals surface area contributed by atoms with Crippen molar-refractivity contribution < 1.29 is 9.59 Å². The van der Waals surface area contributed by atoms with Gasteiger partial charge in [0.25, 0.3) is 0 Å². The molecule has 1 fully saturated rings. The van der Waals surface area contributed by atoms with Gasteiger partial charge in [0.05, 0.1) is 46.6 Å². The first-order chi connectivity index (χ1) is 17.0. The molecule has 4 aromatic heterocycles. The van der Waals surface area contributed by atoms with Gasteiger partial charge in [-0.15, -0.1) is 11.3 Å². The summed E-state index contributed by atoms with van der Waals surface area (Å²) in [6.45, 7) is 12.5. The van der Waals surface area contributed by atoms with Crippen LogP contribution in [0, 0.1) is 26.2 Å². The number of anilines is 2. The molecule has 4 aromatic rings. The Morgan fingerprint density at radius 1 is 1.17 bits per heavy atom. The van der Waals surface area contributed by atoms with E-state index in [4.69, 9.17) is 0 Å². The molecule has 0 radical (unpaired) electrons. The lowest BCUT2D eigenvalue weighted by molar-refractivity contribution is -0.120. The molecule has 5 rings (SSSR count). The molecule has 36 heavy (non-hydrogen) atoms. The Labute approximate surface area is 214 Å². The summed E-state index contributed by atoms with van der Waals surface area (Å²) in [5.41, 5.74) is 5.68. The van der Waals surface area contributed by atoms with Crippen molar-refractivity contribution in [3.63, 3.8) is 0 Å². The number of aromatic nitrogens is 5. The minimum absolute atomic E-state index is 0.0665. The Morgan fingerprint density at radius 3 is 2.53 bits per heavy atom. The maximum Gasteiger partial charge on any atom is 0.238 e. The van der Waals surface area contributed by atoms with Crippen molar-refractivity contribution in [2.45, 2.75) is 34.6 Å². The second-order valence-electron chi connectivity index (χ2n) is 9.95. The Kier molecular flexibility index (Phi) is 7.23. The second kappa shape index (κ2) is 10.2. The predicted octanol–water partition coefficient (Wildman–Crippen LogP) is 3.65. The number of likely N-dealkylation sites (tertiary alicyclic amines) is 1. The minimum atomic E-state index is -0.0665. The fourth-order valence-corrected chi connectivity index (χ4v) is 5.43. The Bertz CT molecular complexity index is 1390. The van der Waals surface area contributed by atoms with E-state index in [0.717, 1.165) is 18.8 Å². The average molecular weight is 509 g/mol.